The Morgan fingerprint density at radius 3 is 2.46 bits per heavy atom. The van der Waals surface area contributed by atoms with Gasteiger partial charge >= 0.3 is 0 Å². The van der Waals surface area contributed by atoms with Crippen molar-refractivity contribution >= 4 is 16.7 Å². The van der Waals surface area contributed by atoms with E-state index in [1.807, 2.05) is 48.5 Å². The van der Waals surface area contributed by atoms with Crippen molar-refractivity contribution in [3.8, 4) is 11.4 Å². The molecular weight excluding hydrogens is 328 g/mol. The summed E-state index contributed by atoms with van der Waals surface area (Å²) in [5.41, 5.74) is 2.11. The van der Waals surface area contributed by atoms with Crippen LogP contribution in [0.4, 0.5) is 0 Å². The highest BCUT2D eigenvalue weighted by Gasteiger charge is 2.12. The van der Waals surface area contributed by atoms with E-state index in [-0.39, 0.29) is 17.2 Å². The molecule has 1 aromatic heterocycles. The van der Waals surface area contributed by atoms with Gasteiger partial charge in [-0.05, 0) is 40.6 Å². The maximum absolute atomic E-state index is 12.4. The maximum atomic E-state index is 12.4. The molecule has 1 amide bonds. The number of hydrogen-bond donors (Lipinski definition) is 2. The number of fused-ring (bicyclic) bond motifs is 1. The molecule has 0 saturated carbocycles. The van der Waals surface area contributed by atoms with E-state index >= 15 is 0 Å². The van der Waals surface area contributed by atoms with E-state index in [0.29, 0.717) is 6.54 Å². The van der Waals surface area contributed by atoms with Crippen molar-refractivity contribution in [1.82, 2.24) is 20.1 Å². The van der Waals surface area contributed by atoms with Gasteiger partial charge in [0.25, 0.3) is 5.91 Å². The van der Waals surface area contributed by atoms with Crippen molar-refractivity contribution in [2.45, 2.75) is 6.54 Å². The average Bonchev–Trinajstić information content (AvgIpc) is 3.21. The molecule has 6 nitrogen and oxygen atoms in total. The molecule has 0 aliphatic rings. The largest absolute Gasteiger partial charge is 0.507 e. The Labute approximate surface area is 149 Å². The van der Waals surface area contributed by atoms with Crippen LogP contribution < -0.4 is 5.32 Å². The second-order valence-corrected chi connectivity index (χ2v) is 5.91. The van der Waals surface area contributed by atoms with Gasteiger partial charge in [-0.15, -0.1) is 0 Å². The smallest absolute Gasteiger partial charge is 0.255 e. The molecule has 6 heteroatoms. The molecule has 3 aromatic carbocycles. The van der Waals surface area contributed by atoms with Crippen molar-refractivity contribution < 1.29 is 9.90 Å². The van der Waals surface area contributed by atoms with Gasteiger partial charge in [0, 0.05) is 6.54 Å². The number of phenolic OH excluding ortho intramolecular Hbond substituents is 1. The van der Waals surface area contributed by atoms with Gasteiger partial charge in [-0.2, -0.15) is 5.10 Å². The number of amides is 1. The summed E-state index contributed by atoms with van der Waals surface area (Å²) in [7, 11) is 0. The van der Waals surface area contributed by atoms with Crippen LogP contribution in [0.25, 0.3) is 16.5 Å². The normalized spacial score (nSPS) is 10.8. The number of phenols is 1. The van der Waals surface area contributed by atoms with Crippen LogP contribution in [-0.2, 0) is 6.54 Å². The second kappa shape index (κ2) is 6.68. The third-order valence-corrected chi connectivity index (χ3v) is 4.18. The Bertz CT molecular complexity index is 1060. The van der Waals surface area contributed by atoms with Crippen LogP contribution in [0.15, 0.2) is 73.3 Å². The number of nitrogens with zero attached hydrogens (tertiary/aromatic N) is 3. The van der Waals surface area contributed by atoms with Crippen LogP contribution in [0.1, 0.15) is 15.9 Å². The van der Waals surface area contributed by atoms with E-state index in [9.17, 15) is 9.90 Å². The number of benzene rings is 3. The molecule has 1 heterocycles. The van der Waals surface area contributed by atoms with E-state index in [1.165, 1.54) is 6.33 Å². The third kappa shape index (κ3) is 3.12. The first kappa shape index (κ1) is 15.8. The highest BCUT2D eigenvalue weighted by atomic mass is 16.3. The zero-order valence-electron chi connectivity index (χ0n) is 13.8. The summed E-state index contributed by atoms with van der Waals surface area (Å²) >= 11 is 0. The van der Waals surface area contributed by atoms with E-state index in [0.717, 1.165) is 22.0 Å². The molecule has 26 heavy (non-hydrogen) atoms. The van der Waals surface area contributed by atoms with Gasteiger partial charge < -0.3 is 10.4 Å². The van der Waals surface area contributed by atoms with Crippen LogP contribution in [-0.4, -0.2) is 25.8 Å². The van der Waals surface area contributed by atoms with Gasteiger partial charge in [0.1, 0.15) is 18.4 Å². The predicted octanol–water partition coefficient (Wildman–Crippen LogP) is 3.06. The lowest BCUT2D eigenvalue weighted by molar-refractivity contribution is 0.0948. The van der Waals surface area contributed by atoms with Gasteiger partial charge in [-0.25, -0.2) is 9.67 Å². The topological polar surface area (TPSA) is 80.0 Å². The first-order valence-corrected chi connectivity index (χ1v) is 8.14. The van der Waals surface area contributed by atoms with E-state index in [1.54, 1.807) is 23.1 Å². The van der Waals surface area contributed by atoms with E-state index < -0.39 is 0 Å². The first-order chi connectivity index (χ1) is 12.7. The minimum Gasteiger partial charge on any atom is -0.507 e. The molecule has 0 aliphatic carbocycles. The minimum atomic E-state index is -0.311. The third-order valence-electron chi connectivity index (χ3n) is 4.18. The summed E-state index contributed by atoms with van der Waals surface area (Å²) in [4.78, 5) is 16.4. The Kier molecular flexibility index (Phi) is 4.07. The second-order valence-electron chi connectivity index (χ2n) is 5.91. The molecule has 0 bridgehead atoms. The zero-order chi connectivity index (χ0) is 17.9. The molecular formula is C20H16N4O2. The van der Waals surface area contributed by atoms with Crippen molar-refractivity contribution in [3.63, 3.8) is 0 Å². The van der Waals surface area contributed by atoms with Crippen LogP contribution in [0, 0.1) is 0 Å². The highest BCUT2D eigenvalue weighted by molar-refractivity contribution is 6.01. The highest BCUT2D eigenvalue weighted by Crippen LogP contribution is 2.25. The monoisotopic (exact) mass is 344 g/mol. The van der Waals surface area contributed by atoms with Crippen LogP contribution in [0.2, 0.25) is 0 Å². The molecule has 0 spiro atoms. The molecule has 0 radical (unpaired) electrons. The number of hydrogen-bond acceptors (Lipinski definition) is 4. The Morgan fingerprint density at radius 1 is 1.04 bits per heavy atom. The molecule has 128 valence electrons. The van der Waals surface area contributed by atoms with Crippen molar-refractivity contribution in [2.75, 3.05) is 0 Å². The van der Waals surface area contributed by atoms with Crippen molar-refractivity contribution in [1.29, 1.82) is 0 Å². The number of aromatic nitrogens is 3. The van der Waals surface area contributed by atoms with Crippen molar-refractivity contribution in [3.05, 3.63) is 84.4 Å². The lowest BCUT2D eigenvalue weighted by Crippen LogP contribution is -2.22. The van der Waals surface area contributed by atoms with Gasteiger partial charge in [0.15, 0.2) is 0 Å². The summed E-state index contributed by atoms with van der Waals surface area (Å²) in [6.45, 7) is 0.364. The van der Waals surface area contributed by atoms with E-state index in [2.05, 4.69) is 15.4 Å². The Balaban J connectivity index is 1.48. The molecule has 0 saturated heterocycles. The van der Waals surface area contributed by atoms with Gasteiger partial charge in [0.2, 0.25) is 0 Å². The van der Waals surface area contributed by atoms with Gasteiger partial charge in [-0.3, -0.25) is 4.79 Å². The van der Waals surface area contributed by atoms with Crippen LogP contribution in [0.5, 0.6) is 5.75 Å². The van der Waals surface area contributed by atoms with Crippen LogP contribution in [0.3, 0.4) is 0 Å². The summed E-state index contributed by atoms with van der Waals surface area (Å²) < 4.78 is 1.66. The lowest BCUT2D eigenvalue weighted by atomic mass is 10.1. The fraction of sp³-hybridized carbons (Fsp3) is 0.0500. The molecule has 2 N–H and O–H groups in total. The minimum absolute atomic E-state index is 0.0252. The first-order valence-electron chi connectivity index (χ1n) is 8.14. The lowest BCUT2D eigenvalue weighted by Gasteiger charge is -2.09. The summed E-state index contributed by atoms with van der Waals surface area (Å²) in [6, 6.07) is 18.6. The predicted molar refractivity (Wildman–Crippen MR) is 98.1 cm³/mol. The summed E-state index contributed by atoms with van der Waals surface area (Å²) in [5, 5.41) is 18.9. The number of rotatable bonds is 4. The number of carbonyl (C=O) groups is 1. The molecule has 0 atom stereocenters. The molecule has 4 rings (SSSR count). The zero-order valence-corrected chi connectivity index (χ0v) is 13.8. The number of aromatic hydroxyl groups is 1. The van der Waals surface area contributed by atoms with Crippen molar-refractivity contribution in [2.24, 2.45) is 0 Å². The summed E-state index contributed by atoms with van der Waals surface area (Å²) in [6.07, 6.45) is 3.10. The quantitative estimate of drug-likeness (QED) is 0.596. The fourth-order valence-electron chi connectivity index (χ4n) is 2.80. The molecule has 0 aliphatic heterocycles. The summed E-state index contributed by atoms with van der Waals surface area (Å²) in [5.74, 6) is -0.337. The van der Waals surface area contributed by atoms with Crippen LogP contribution >= 0.6 is 0 Å². The maximum Gasteiger partial charge on any atom is 0.255 e. The molecule has 0 fully saturated rings. The Hall–Kier alpha value is -3.67. The number of nitrogens with one attached hydrogen (secondary N) is 1. The SMILES string of the molecule is O=C(NCc1ccc(-n2cncn2)cc1)c1cc2ccccc2cc1O. The van der Waals surface area contributed by atoms with E-state index in [4.69, 9.17) is 0 Å². The number of carbonyl (C=O) groups excluding carboxylic acids is 1. The van der Waals surface area contributed by atoms with Gasteiger partial charge in [0.05, 0.1) is 11.3 Å². The molecule has 4 aromatic rings. The fourth-order valence-corrected chi connectivity index (χ4v) is 2.80. The average molecular weight is 344 g/mol. The standard InChI is InChI=1S/C20H16N4O2/c25-19-10-16-4-2-1-3-15(16)9-18(19)20(26)22-11-14-5-7-17(8-6-14)24-13-21-12-23-24/h1-10,12-13,25H,11H2,(H,22,26). The molecule has 0 unspecified atom stereocenters. The van der Waals surface area contributed by atoms with Gasteiger partial charge in [-0.1, -0.05) is 36.4 Å². The Morgan fingerprint density at radius 2 is 1.77 bits per heavy atom.